The summed E-state index contributed by atoms with van der Waals surface area (Å²) in [6, 6.07) is 5.74. The van der Waals surface area contributed by atoms with E-state index in [-0.39, 0.29) is 6.79 Å². The van der Waals surface area contributed by atoms with Gasteiger partial charge in [-0.15, -0.1) is 0 Å². The molecule has 3 rings (SSSR count). The molecule has 106 valence electrons. The van der Waals surface area contributed by atoms with Gasteiger partial charge < -0.3 is 14.3 Å². The zero-order valence-corrected chi connectivity index (χ0v) is 12.1. The molecule has 5 heteroatoms. The van der Waals surface area contributed by atoms with E-state index in [0.717, 1.165) is 52.6 Å². The summed E-state index contributed by atoms with van der Waals surface area (Å²) in [5.74, 6) is 1.53. The molecule has 0 spiro atoms. The van der Waals surface area contributed by atoms with E-state index in [2.05, 4.69) is 5.16 Å². The number of ether oxygens (including phenoxy) is 2. The van der Waals surface area contributed by atoms with E-state index in [0.29, 0.717) is 6.61 Å². The Bertz CT molecular complexity index is 580. The molecule has 0 unspecified atom stereocenters. The topological polar surface area (TPSA) is 40.0 Å². The number of hydrogen-bond acceptors (Lipinski definition) is 4. The summed E-state index contributed by atoms with van der Waals surface area (Å²) in [6.07, 6.45) is 3.04. The predicted molar refractivity (Wildman–Crippen MR) is 77.2 cm³/mol. The average Bonchev–Trinajstić information content (AvgIpc) is 3.06. The predicted octanol–water partition coefficient (Wildman–Crippen LogP) is 3.98. The first-order valence-corrected chi connectivity index (χ1v) is 7.05. The maximum atomic E-state index is 6.15. The first-order chi connectivity index (χ1) is 9.74. The molecule has 0 saturated carbocycles. The van der Waals surface area contributed by atoms with Gasteiger partial charge in [-0.25, -0.2) is 0 Å². The second-order valence-corrected chi connectivity index (χ2v) is 5.33. The second-order valence-electron chi connectivity index (χ2n) is 4.87. The van der Waals surface area contributed by atoms with Crippen LogP contribution < -0.4 is 9.47 Å². The van der Waals surface area contributed by atoms with Crippen molar-refractivity contribution in [2.45, 2.75) is 32.8 Å². The molecular weight excluding hydrogens is 278 g/mol. The number of fused-ring (bicyclic) bond motifs is 1. The third-order valence-electron chi connectivity index (χ3n) is 3.46. The third-order valence-corrected chi connectivity index (χ3v) is 3.87. The van der Waals surface area contributed by atoms with Crippen LogP contribution in [0.2, 0.25) is 0 Å². The van der Waals surface area contributed by atoms with Crippen molar-refractivity contribution in [1.29, 1.82) is 0 Å². The van der Waals surface area contributed by atoms with Gasteiger partial charge in [0.05, 0.1) is 5.71 Å². The Morgan fingerprint density at radius 3 is 2.95 bits per heavy atom. The van der Waals surface area contributed by atoms with Crippen molar-refractivity contribution in [3.8, 4) is 11.5 Å². The molecule has 1 heterocycles. The zero-order chi connectivity index (χ0) is 13.9. The van der Waals surface area contributed by atoms with E-state index >= 15 is 0 Å². The zero-order valence-electron chi connectivity index (χ0n) is 11.3. The number of allylic oxidation sites excluding steroid dienone is 2. The summed E-state index contributed by atoms with van der Waals surface area (Å²) in [4.78, 5) is 5.40. The number of benzene rings is 1. The molecule has 0 fully saturated rings. The van der Waals surface area contributed by atoms with Crippen LogP contribution in [0, 0.1) is 0 Å². The fraction of sp³-hybridized carbons (Fsp3) is 0.400. The summed E-state index contributed by atoms with van der Waals surface area (Å²) in [6.45, 7) is 2.62. The highest BCUT2D eigenvalue weighted by Gasteiger charge is 2.16. The highest BCUT2D eigenvalue weighted by Crippen LogP contribution is 2.33. The fourth-order valence-corrected chi connectivity index (χ4v) is 2.74. The van der Waals surface area contributed by atoms with Crippen molar-refractivity contribution in [2.75, 3.05) is 6.79 Å². The Morgan fingerprint density at radius 1 is 1.30 bits per heavy atom. The average molecular weight is 294 g/mol. The SMILES string of the molecule is C/C(=N\OCc1ccc2c(c1)OCO2)C1=C(Cl)CCC1. The lowest BCUT2D eigenvalue weighted by atomic mass is 10.1. The highest BCUT2D eigenvalue weighted by molar-refractivity contribution is 6.32. The van der Waals surface area contributed by atoms with Gasteiger partial charge >= 0.3 is 0 Å². The van der Waals surface area contributed by atoms with E-state index in [1.807, 2.05) is 25.1 Å². The fourth-order valence-electron chi connectivity index (χ4n) is 2.37. The first kappa shape index (κ1) is 13.3. The first-order valence-electron chi connectivity index (χ1n) is 6.67. The quantitative estimate of drug-likeness (QED) is 0.622. The lowest BCUT2D eigenvalue weighted by molar-refractivity contribution is 0.130. The van der Waals surface area contributed by atoms with E-state index in [1.54, 1.807) is 0 Å². The normalized spacial score (nSPS) is 17.8. The van der Waals surface area contributed by atoms with Crippen LogP contribution in [0.3, 0.4) is 0 Å². The Morgan fingerprint density at radius 2 is 2.15 bits per heavy atom. The molecule has 20 heavy (non-hydrogen) atoms. The van der Waals surface area contributed by atoms with Gasteiger partial charge in [-0.2, -0.15) is 0 Å². The van der Waals surface area contributed by atoms with E-state index in [9.17, 15) is 0 Å². The van der Waals surface area contributed by atoms with E-state index < -0.39 is 0 Å². The lowest BCUT2D eigenvalue weighted by Crippen LogP contribution is -1.98. The van der Waals surface area contributed by atoms with Crippen LogP contribution in [0.4, 0.5) is 0 Å². The lowest BCUT2D eigenvalue weighted by Gasteiger charge is -2.05. The summed E-state index contributed by atoms with van der Waals surface area (Å²) < 4.78 is 10.6. The summed E-state index contributed by atoms with van der Waals surface area (Å²) >= 11 is 6.15. The molecule has 0 atom stereocenters. The van der Waals surface area contributed by atoms with E-state index in [4.69, 9.17) is 25.9 Å². The van der Waals surface area contributed by atoms with Gasteiger partial charge in [0.15, 0.2) is 11.5 Å². The standard InChI is InChI=1S/C15H16ClNO3/c1-10(12-3-2-4-13(12)16)17-20-8-11-5-6-14-15(7-11)19-9-18-14/h5-7H,2-4,8-9H2,1H3/b17-10+. The van der Waals surface area contributed by atoms with Crippen LogP contribution in [0.25, 0.3) is 0 Å². The van der Waals surface area contributed by atoms with Gasteiger partial charge in [-0.05, 0) is 49.5 Å². The maximum Gasteiger partial charge on any atom is 0.231 e. The molecule has 0 amide bonds. The minimum atomic E-state index is 0.281. The molecule has 0 aromatic heterocycles. The number of oxime groups is 1. The van der Waals surface area contributed by atoms with Crippen LogP contribution in [0.5, 0.6) is 11.5 Å². The maximum absolute atomic E-state index is 6.15. The van der Waals surface area contributed by atoms with Gasteiger partial charge in [-0.1, -0.05) is 22.8 Å². The molecule has 0 N–H and O–H groups in total. The molecule has 1 aliphatic heterocycles. The van der Waals surface area contributed by atoms with Crippen molar-refractivity contribution in [3.63, 3.8) is 0 Å². The summed E-state index contributed by atoms with van der Waals surface area (Å²) in [5.41, 5.74) is 2.99. The molecule has 1 aromatic carbocycles. The Labute approximate surface area is 123 Å². The number of hydrogen-bond donors (Lipinski definition) is 0. The molecule has 0 saturated heterocycles. The van der Waals surface area contributed by atoms with Crippen LogP contribution in [0.1, 0.15) is 31.7 Å². The minimum Gasteiger partial charge on any atom is -0.454 e. The van der Waals surface area contributed by atoms with Gasteiger partial charge in [0.1, 0.15) is 6.61 Å². The molecule has 4 nitrogen and oxygen atoms in total. The van der Waals surface area contributed by atoms with Crippen molar-refractivity contribution < 1.29 is 14.3 Å². The van der Waals surface area contributed by atoms with Gasteiger partial charge in [0.25, 0.3) is 0 Å². The van der Waals surface area contributed by atoms with Crippen molar-refractivity contribution in [2.24, 2.45) is 5.16 Å². The Kier molecular flexibility index (Phi) is 3.83. The number of rotatable bonds is 4. The second kappa shape index (κ2) is 5.75. The molecule has 2 aliphatic rings. The number of nitrogens with zero attached hydrogens (tertiary/aromatic N) is 1. The summed E-state index contributed by atoms with van der Waals surface area (Å²) in [5, 5.41) is 5.06. The van der Waals surface area contributed by atoms with Crippen LogP contribution in [0.15, 0.2) is 34.0 Å². The molecule has 1 aromatic rings. The Balaban J connectivity index is 1.61. The monoisotopic (exact) mass is 293 g/mol. The summed E-state index contributed by atoms with van der Waals surface area (Å²) in [7, 11) is 0. The Hall–Kier alpha value is -1.68. The van der Waals surface area contributed by atoms with Crippen molar-refractivity contribution in [1.82, 2.24) is 0 Å². The molecular formula is C15H16ClNO3. The van der Waals surface area contributed by atoms with Crippen LogP contribution in [-0.4, -0.2) is 12.5 Å². The molecule has 1 aliphatic carbocycles. The van der Waals surface area contributed by atoms with Crippen molar-refractivity contribution >= 4 is 17.3 Å². The van der Waals surface area contributed by atoms with E-state index in [1.165, 1.54) is 0 Å². The van der Waals surface area contributed by atoms with Crippen LogP contribution in [-0.2, 0) is 11.4 Å². The van der Waals surface area contributed by atoms with Gasteiger partial charge in [0, 0.05) is 5.03 Å². The number of halogens is 1. The smallest absolute Gasteiger partial charge is 0.231 e. The minimum absolute atomic E-state index is 0.281. The highest BCUT2D eigenvalue weighted by atomic mass is 35.5. The third kappa shape index (κ3) is 2.75. The van der Waals surface area contributed by atoms with Gasteiger partial charge in [-0.3, -0.25) is 0 Å². The van der Waals surface area contributed by atoms with Crippen molar-refractivity contribution in [3.05, 3.63) is 34.4 Å². The molecule has 0 radical (unpaired) electrons. The van der Waals surface area contributed by atoms with Crippen LogP contribution >= 0.6 is 11.6 Å². The largest absolute Gasteiger partial charge is 0.454 e. The van der Waals surface area contributed by atoms with Gasteiger partial charge in [0.2, 0.25) is 6.79 Å². The molecule has 0 bridgehead atoms.